The fourth-order valence-electron chi connectivity index (χ4n) is 3.49. The molecule has 0 aliphatic carbocycles. The molecule has 4 rings (SSSR count). The summed E-state index contributed by atoms with van der Waals surface area (Å²) < 4.78 is 27.6. The number of benzene rings is 3. The maximum atomic E-state index is 13.8. The van der Waals surface area contributed by atoms with Crippen LogP contribution in [0.25, 0.3) is 0 Å². The molecule has 4 nitrogen and oxygen atoms in total. The topological polar surface area (TPSA) is 49.4 Å². The fraction of sp³-hybridized carbons (Fsp3) is 0.130. The molecule has 6 heteroatoms. The molecular weight excluding hydrogens is 374 g/mol. The summed E-state index contributed by atoms with van der Waals surface area (Å²) in [5, 5.41) is 2.29. The van der Waals surface area contributed by atoms with E-state index in [0.717, 1.165) is 29.8 Å². The molecule has 3 aromatic carbocycles. The van der Waals surface area contributed by atoms with E-state index in [1.807, 2.05) is 18.2 Å². The number of amides is 2. The van der Waals surface area contributed by atoms with Gasteiger partial charge in [0.25, 0.3) is 11.8 Å². The summed E-state index contributed by atoms with van der Waals surface area (Å²) in [7, 11) is 0. The summed E-state index contributed by atoms with van der Waals surface area (Å²) in [5.41, 5.74) is 2.00. The molecule has 0 fully saturated rings. The van der Waals surface area contributed by atoms with Crippen molar-refractivity contribution < 1.29 is 18.4 Å². The average Bonchev–Trinajstić information content (AvgIpc) is 2.75. The van der Waals surface area contributed by atoms with Crippen LogP contribution < -0.4 is 10.2 Å². The van der Waals surface area contributed by atoms with Crippen LogP contribution in [-0.4, -0.2) is 18.4 Å². The van der Waals surface area contributed by atoms with E-state index in [9.17, 15) is 18.4 Å². The van der Waals surface area contributed by atoms with E-state index in [1.54, 1.807) is 35.2 Å². The van der Waals surface area contributed by atoms with Gasteiger partial charge in [-0.25, -0.2) is 8.78 Å². The van der Waals surface area contributed by atoms with Crippen molar-refractivity contribution in [1.29, 1.82) is 0 Å². The first kappa shape index (κ1) is 18.8. The van der Waals surface area contributed by atoms with Gasteiger partial charge in [-0.1, -0.05) is 24.3 Å². The van der Waals surface area contributed by atoms with Crippen LogP contribution in [0, 0.1) is 11.6 Å². The normalized spacial score (nSPS) is 13.0. The average molecular weight is 392 g/mol. The van der Waals surface area contributed by atoms with E-state index in [1.165, 1.54) is 6.07 Å². The number of carbonyl (C=O) groups is 2. The number of halogens is 2. The summed E-state index contributed by atoms with van der Waals surface area (Å²) in [4.78, 5) is 27.1. The lowest BCUT2D eigenvalue weighted by atomic mass is 9.98. The SMILES string of the molecule is O=C(Nc1c(F)cccc1F)c1ccc2c(c1)CCCN2C(=O)c1ccccc1. The van der Waals surface area contributed by atoms with E-state index in [4.69, 9.17) is 0 Å². The summed E-state index contributed by atoms with van der Waals surface area (Å²) in [5.74, 6) is -2.38. The van der Waals surface area contributed by atoms with Gasteiger partial charge in [-0.3, -0.25) is 9.59 Å². The maximum Gasteiger partial charge on any atom is 0.258 e. The molecule has 0 saturated carbocycles. The molecule has 0 aromatic heterocycles. The van der Waals surface area contributed by atoms with Crippen LogP contribution in [0.1, 0.15) is 32.7 Å². The van der Waals surface area contributed by atoms with Crippen LogP contribution in [0.15, 0.2) is 66.7 Å². The first-order valence-electron chi connectivity index (χ1n) is 9.30. The molecular formula is C23H18F2N2O2. The maximum absolute atomic E-state index is 13.8. The lowest BCUT2D eigenvalue weighted by molar-refractivity contribution is 0.0984. The van der Waals surface area contributed by atoms with Crippen molar-refractivity contribution in [1.82, 2.24) is 0 Å². The first-order valence-corrected chi connectivity index (χ1v) is 9.30. The van der Waals surface area contributed by atoms with Crippen molar-refractivity contribution in [2.24, 2.45) is 0 Å². The van der Waals surface area contributed by atoms with E-state index in [0.29, 0.717) is 18.5 Å². The Morgan fingerprint density at radius 1 is 0.862 bits per heavy atom. The molecule has 1 aliphatic heterocycles. The highest BCUT2D eigenvalue weighted by molar-refractivity contribution is 6.08. The third kappa shape index (κ3) is 3.74. The lowest BCUT2D eigenvalue weighted by Gasteiger charge is -2.30. The van der Waals surface area contributed by atoms with Crippen LogP contribution in [0.5, 0.6) is 0 Å². The molecule has 0 atom stereocenters. The Kier molecular flexibility index (Phi) is 5.08. The second kappa shape index (κ2) is 7.83. The van der Waals surface area contributed by atoms with Gasteiger partial charge in [-0.15, -0.1) is 0 Å². The molecule has 146 valence electrons. The fourth-order valence-corrected chi connectivity index (χ4v) is 3.49. The van der Waals surface area contributed by atoms with Gasteiger partial charge < -0.3 is 10.2 Å². The number of hydrogen-bond donors (Lipinski definition) is 1. The number of nitrogens with one attached hydrogen (secondary N) is 1. The van der Waals surface area contributed by atoms with Gasteiger partial charge in [0.1, 0.15) is 17.3 Å². The number of carbonyl (C=O) groups excluding carboxylic acids is 2. The molecule has 0 radical (unpaired) electrons. The van der Waals surface area contributed by atoms with E-state index in [-0.39, 0.29) is 11.5 Å². The third-order valence-corrected chi connectivity index (χ3v) is 4.93. The van der Waals surface area contributed by atoms with Crippen molar-refractivity contribution in [3.05, 3.63) is 95.1 Å². The Labute approximate surface area is 166 Å². The Morgan fingerprint density at radius 2 is 1.59 bits per heavy atom. The van der Waals surface area contributed by atoms with Gasteiger partial charge in [-0.05, 0) is 60.9 Å². The molecule has 0 bridgehead atoms. The minimum Gasteiger partial charge on any atom is -0.317 e. The molecule has 2 amide bonds. The van der Waals surface area contributed by atoms with E-state index < -0.39 is 23.2 Å². The number of nitrogens with zero attached hydrogens (tertiary/aromatic N) is 1. The molecule has 0 saturated heterocycles. The van der Waals surface area contributed by atoms with Crippen molar-refractivity contribution in [3.63, 3.8) is 0 Å². The number of fused-ring (bicyclic) bond motifs is 1. The van der Waals surface area contributed by atoms with Crippen molar-refractivity contribution >= 4 is 23.2 Å². The molecule has 3 aromatic rings. The number of rotatable bonds is 3. The zero-order valence-corrected chi connectivity index (χ0v) is 15.5. The standard InChI is InChI=1S/C23H18F2N2O2/c24-18-9-4-10-19(25)21(18)26-22(28)17-11-12-20-16(14-17)8-5-13-27(20)23(29)15-6-2-1-3-7-15/h1-4,6-7,9-12,14H,5,8,13H2,(H,26,28). The highest BCUT2D eigenvalue weighted by Crippen LogP contribution is 2.30. The van der Waals surface area contributed by atoms with E-state index >= 15 is 0 Å². The largest absolute Gasteiger partial charge is 0.317 e. The van der Waals surface area contributed by atoms with Crippen LogP contribution in [0.3, 0.4) is 0 Å². The number of aryl methyl sites for hydroxylation is 1. The second-order valence-electron chi connectivity index (χ2n) is 6.82. The number of hydrogen-bond acceptors (Lipinski definition) is 2. The minimum atomic E-state index is -0.837. The molecule has 1 heterocycles. The van der Waals surface area contributed by atoms with Crippen LogP contribution in [0.4, 0.5) is 20.2 Å². The van der Waals surface area contributed by atoms with E-state index in [2.05, 4.69) is 5.32 Å². The van der Waals surface area contributed by atoms with Crippen LogP contribution in [0.2, 0.25) is 0 Å². The van der Waals surface area contributed by atoms with Gasteiger partial charge >= 0.3 is 0 Å². The monoisotopic (exact) mass is 392 g/mol. The zero-order chi connectivity index (χ0) is 20.4. The number of para-hydroxylation sites is 1. The van der Waals surface area contributed by atoms with Gasteiger partial charge in [0, 0.05) is 23.4 Å². The Balaban J connectivity index is 1.60. The first-order chi connectivity index (χ1) is 14.0. The van der Waals surface area contributed by atoms with Gasteiger partial charge in [0.2, 0.25) is 0 Å². The zero-order valence-electron chi connectivity index (χ0n) is 15.5. The quantitative estimate of drug-likeness (QED) is 0.695. The summed E-state index contributed by atoms with van der Waals surface area (Å²) in [6, 6.07) is 17.3. The Bertz CT molecular complexity index is 1060. The predicted octanol–water partition coefficient (Wildman–Crippen LogP) is 4.81. The van der Waals surface area contributed by atoms with Gasteiger partial charge in [0.05, 0.1) is 0 Å². The third-order valence-electron chi connectivity index (χ3n) is 4.93. The molecule has 1 aliphatic rings. The smallest absolute Gasteiger partial charge is 0.258 e. The lowest BCUT2D eigenvalue weighted by Crippen LogP contribution is -2.35. The summed E-state index contributed by atoms with van der Waals surface area (Å²) in [6.07, 6.45) is 1.47. The van der Waals surface area contributed by atoms with Crippen LogP contribution in [-0.2, 0) is 6.42 Å². The molecule has 29 heavy (non-hydrogen) atoms. The van der Waals surface area contributed by atoms with Gasteiger partial charge in [-0.2, -0.15) is 0 Å². The molecule has 1 N–H and O–H groups in total. The Morgan fingerprint density at radius 3 is 2.31 bits per heavy atom. The van der Waals surface area contributed by atoms with Crippen molar-refractivity contribution in [3.8, 4) is 0 Å². The highest BCUT2D eigenvalue weighted by atomic mass is 19.1. The highest BCUT2D eigenvalue weighted by Gasteiger charge is 2.24. The minimum absolute atomic E-state index is 0.0998. The van der Waals surface area contributed by atoms with Crippen molar-refractivity contribution in [2.45, 2.75) is 12.8 Å². The van der Waals surface area contributed by atoms with Crippen LogP contribution >= 0.6 is 0 Å². The number of anilines is 2. The second-order valence-corrected chi connectivity index (χ2v) is 6.82. The summed E-state index contributed by atoms with van der Waals surface area (Å²) >= 11 is 0. The molecule has 0 spiro atoms. The summed E-state index contributed by atoms with van der Waals surface area (Å²) in [6.45, 7) is 0.590. The predicted molar refractivity (Wildman–Crippen MR) is 107 cm³/mol. The Hall–Kier alpha value is -3.54. The van der Waals surface area contributed by atoms with Gasteiger partial charge in [0.15, 0.2) is 0 Å². The van der Waals surface area contributed by atoms with Crippen molar-refractivity contribution in [2.75, 3.05) is 16.8 Å². The molecule has 0 unspecified atom stereocenters.